The van der Waals surface area contributed by atoms with Crippen molar-refractivity contribution in [3.05, 3.63) is 69.1 Å². The summed E-state index contributed by atoms with van der Waals surface area (Å²) in [5.74, 6) is -0.0296. The van der Waals surface area contributed by atoms with Crippen molar-refractivity contribution in [2.45, 2.75) is 23.1 Å². The minimum atomic E-state index is -0.266. The van der Waals surface area contributed by atoms with Crippen molar-refractivity contribution in [2.75, 3.05) is 0 Å². The van der Waals surface area contributed by atoms with Gasteiger partial charge < -0.3 is 5.32 Å². The molecule has 0 radical (unpaired) electrons. The molecule has 3 aromatic rings. The number of hydrogen-bond donors (Lipinski definition) is 1. The summed E-state index contributed by atoms with van der Waals surface area (Å²) in [6.45, 7) is 2.38. The smallest absolute Gasteiger partial charge is 0.233 e. The van der Waals surface area contributed by atoms with Crippen LogP contribution in [-0.4, -0.2) is 20.9 Å². The fourth-order valence-corrected chi connectivity index (χ4v) is 4.84. The standard InChI is InChI=1S/C18H16ClN3OS3/c1-12(16(23)20-11-13-5-3-2-4-6-13)25-17-21-22(18(24)26-17)15-9-7-14(19)8-10-15/h2-10,12H,11H2,1H3,(H,20,23). The molecule has 2 aromatic carbocycles. The van der Waals surface area contributed by atoms with Crippen molar-refractivity contribution in [1.29, 1.82) is 0 Å². The van der Waals surface area contributed by atoms with Crippen LogP contribution in [0, 0.1) is 3.95 Å². The Hall–Kier alpha value is -1.67. The molecule has 0 saturated heterocycles. The van der Waals surface area contributed by atoms with Gasteiger partial charge in [0.1, 0.15) is 0 Å². The molecule has 1 N–H and O–H groups in total. The monoisotopic (exact) mass is 421 g/mol. The molecule has 0 aliphatic carbocycles. The van der Waals surface area contributed by atoms with Crippen LogP contribution in [0.25, 0.3) is 5.69 Å². The lowest BCUT2D eigenvalue weighted by Gasteiger charge is -2.10. The van der Waals surface area contributed by atoms with E-state index in [1.165, 1.54) is 23.1 Å². The number of aromatic nitrogens is 2. The molecule has 8 heteroatoms. The molecule has 0 fully saturated rings. The number of nitrogens with zero attached hydrogens (tertiary/aromatic N) is 2. The predicted octanol–water partition coefficient (Wildman–Crippen LogP) is 5.11. The largest absolute Gasteiger partial charge is 0.351 e. The fraction of sp³-hybridized carbons (Fsp3) is 0.167. The molecular formula is C18H16ClN3OS3. The minimum absolute atomic E-state index is 0.0296. The Balaban J connectivity index is 1.63. The molecule has 0 aliphatic heterocycles. The highest BCUT2D eigenvalue weighted by molar-refractivity contribution is 8.02. The molecule has 1 atom stereocenters. The second-order valence-corrected chi connectivity index (χ2v) is 9.13. The Morgan fingerprint density at radius 1 is 1.27 bits per heavy atom. The Morgan fingerprint density at radius 2 is 1.96 bits per heavy atom. The van der Waals surface area contributed by atoms with E-state index in [9.17, 15) is 4.79 Å². The Labute approximate surface area is 170 Å². The zero-order valence-electron chi connectivity index (χ0n) is 13.9. The van der Waals surface area contributed by atoms with Crippen molar-refractivity contribution in [3.63, 3.8) is 0 Å². The highest BCUT2D eigenvalue weighted by Gasteiger charge is 2.17. The van der Waals surface area contributed by atoms with E-state index in [-0.39, 0.29) is 11.2 Å². The van der Waals surface area contributed by atoms with Gasteiger partial charge in [-0.2, -0.15) is 0 Å². The van der Waals surface area contributed by atoms with E-state index >= 15 is 0 Å². The molecule has 26 heavy (non-hydrogen) atoms. The first kappa shape index (κ1) is 19.1. The molecule has 1 heterocycles. The normalized spacial score (nSPS) is 11.9. The van der Waals surface area contributed by atoms with Crippen molar-refractivity contribution >= 4 is 52.8 Å². The van der Waals surface area contributed by atoms with Crippen LogP contribution in [0.4, 0.5) is 0 Å². The van der Waals surface area contributed by atoms with Crippen LogP contribution in [0.1, 0.15) is 12.5 Å². The number of benzene rings is 2. The topological polar surface area (TPSA) is 46.9 Å². The minimum Gasteiger partial charge on any atom is -0.351 e. The van der Waals surface area contributed by atoms with Crippen LogP contribution in [0.5, 0.6) is 0 Å². The zero-order valence-corrected chi connectivity index (χ0v) is 17.1. The van der Waals surface area contributed by atoms with Crippen LogP contribution in [0.15, 0.2) is 58.9 Å². The summed E-state index contributed by atoms with van der Waals surface area (Å²) in [5.41, 5.74) is 1.92. The highest BCUT2D eigenvalue weighted by Crippen LogP contribution is 2.28. The van der Waals surface area contributed by atoms with Gasteiger partial charge in [-0.3, -0.25) is 4.79 Å². The number of carbonyl (C=O) groups excluding carboxylic acids is 1. The molecule has 0 aliphatic rings. The van der Waals surface area contributed by atoms with Gasteiger partial charge in [-0.15, -0.1) is 5.10 Å². The average molecular weight is 422 g/mol. The van der Waals surface area contributed by atoms with E-state index in [0.29, 0.717) is 15.5 Å². The van der Waals surface area contributed by atoms with E-state index in [1.807, 2.05) is 49.4 Å². The second kappa shape index (κ2) is 8.81. The van der Waals surface area contributed by atoms with E-state index in [4.69, 9.17) is 23.8 Å². The number of thioether (sulfide) groups is 1. The van der Waals surface area contributed by atoms with Gasteiger partial charge >= 0.3 is 0 Å². The lowest BCUT2D eigenvalue weighted by Crippen LogP contribution is -2.30. The fourth-order valence-electron chi connectivity index (χ4n) is 2.19. The van der Waals surface area contributed by atoms with Crippen molar-refractivity contribution in [3.8, 4) is 5.69 Å². The molecule has 1 unspecified atom stereocenters. The van der Waals surface area contributed by atoms with Crippen LogP contribution < -0.4 is 5.32 Å². The Bertz CT molecular complexity index is 938. The zero-order chi connectivity index (χ0) is 18.5. The Kier molecular flexibility index (Phi) is 6.48. The van der Waals surface area contributed by atoms with Crippen LogP contribution in [-0.2, 0) is 11.3 Å². The SMILES string of the molecule is CC(Sc1nn(-c2ccc(Cl)cc2)c(=S)s1)C(=O)NCc1ccccc1. The van der Waals surface area contributed by atoms with Gasteiger partial charge in [-0.1, -0.05) is 65.0 Å². The number of nitrogens with one attached hydrogen (secondary N) is 1. The molecule has 1 aromatic heterocycles. The quantitative estimate of drug-likeness (QED) is 0.443. The third kappa shape index (κ3) is 4.94. The molecule has 1 amide bonds. The summed E-state index contributed by atoms with van der Waals surface area (Å²) in [6.07, 6.45) is 0. The van der Waals surface area contributed by atoms with E-state index in [0.717, 1.165) is 15.6 Å². The van der Waals surface area contributed by atoms with Gasteiger partial charge in [-0.25, -0.2) is 4.68 Å². The third-order valence-corrected chi connectivity index (χ3v) is 6.23. The molecule has 0 saturated carbocycles. The first-order valence-corrected chi connectivity index (χ1v) is 10.4. The van der Waals surface area contributed by atoms with Gasteiger partial charge in [0.25, 0.3) is 0 Å². The van der Waals surface area contributed by atoms with Crippen molar-refractivity contribution in [2.24, 2.45) is 0 Å². The Morgan fingerprint density at radius 3 is 2.65 bits per heavy atom. The summed E-state index contributed by atoms with van der Waals surface area (Å²) in [5, 5.41) is 7.86. The highest BCUT2D eigenvalue weighted by atomic mass is 35.5. The summed E-state index contributed by atoms with van der Waals surface area (Å²) in [6, 6.07) is 17.1. The second-order valence-electron chi connectivity index (χ2n) is 5.49. The molecule has 0 bridgehead atoms. The van der Waals surface area contributed by atoms with Crippen molar-refractivity contribution in [1.82, 2.24) is 15.1 Å². The van der Waals surface area contributed by atoms with Gasteiger partial charge in [0.15, 0.2) is 8.29 Å². The number of hydrogen-bond acceptors (Lipinski definition) is 5. The molecule has 134 valence electrons. The number of rotatable bonds is 6. The van der Waals surface area contributed by atoms with Gasteiger partial charge in [-0.05, 0) is 49.0 Å². The maximum atomic E-state index is 12.3. The maximum absolute atomic E-state index is 12.3. The maximum Gasteiger partial charge on any atom is 0.233 e. The first-order valence-electron chi connectivity index (χ1n) is 7.87. The number of halogens is 1. The van der Waals surface area contributed by atoms with Crippen LogP contribution in [0.2, 0.25) is 5.02 Å². The van der Waals surface area contributed by atoms with E-state index < -0.39 is 0 Å². The molecule has 0 spiro atoms. The van der Waals surface area contributed by atoms with E-state index in [2.05, 4.69) is 10.4 Å². The predicted molar refractivity (Wildman–Crippen MR) is 111 cm³/mol. The summed E-state index contributed by atoms with van der Waals surface area (Å²) < 4.78 is 3.08. The van der Waals surface area contributed by atoms with E-state index in [1.54, 1.807) is 16.8 Å². The molecule has 4 nitrogen and oxygen atoms in total. The third-order valence-electron chi connectivity index (χ3n) is 3.56. The first-order chi connectivity index (χ1) is 12.5. The lowest BCUT2D eigenvalue weighted by atomic mass is 10.2. The summed E-state index contributed by atoms with van der Waals surface area (Å²) in [7, 11) is 0. The van der Waals surface area contributed by atoms with Gasteiger partial charge in [0, 0.05) is 11.6 Å². The van der Waals surface area contributed by atoms with Crippen molar-refractivity contribution < 1.29 is 4.79 Å². The summed E-state index contributed by atoms with van der Waals surface area (Å²) >= 11 is 14.1. The average Bonchev–Trinajstić information content (AvgIpc) is 3.01. The van der Waals surface area contributed by atoms with Gasteiger partial charge in [0.05, 0.1) is 10.9 Å². The number of carbonyl (C=O) groups is 1. The van der Waals surface area contributed by atoms with Gasteiger partial charge in [0.2, 0.25) is 5.91 Å². The molecular weight excluding hydrogens is 406 g/mol. The summed E-state index contributed by atoms with van der Waals surface area (Å²) in [4.78, 5) is 12.3. The van der Waals surface area contributed by atoms with Crippen LogP contribution >= 0.6 is 46.9 Å². The lowest BCUT2D eigenvalue weighted by molar-refractivity contribution is -0.120. The van der Waals surface area contributed by atoms with Crippen LogP contribution in [0.3, 0.4) is 0 Å². The number of amides is 1. The molecule has 3 rings (SSSR count).